The number of piperidine rings is 1. The highest BCUT2D eigenvalue weighted by Crippen LogP contribution is 2.46. The van der Waals surface area contributed by atoms with Gasteiger partial charge in [-0.15, -0.1) is 11.3 Å². The number of hydrogen-bond acceptors (Lipinski definition) is 5. The smallest absolute Gasteiger partial charge is 0.245 e. The summed E-state index contributed by atoms with van der Waals surface area (Å²) in [6.07, 6.45) is 2.44. The van der Waals surface area contributed by atoms with Gasteiger partial charge in [0.1, 0.15) is 6.04 Å². The van der Waals surface area contributed by atoms with Gasteiger partial charge in [0.2, 0.25) is 5.91 Å². The first-order chi connectivity index (χ1) is 17.6. The Labute approximate surface area is 226 Å². The van der Waals surface area contributed by atoms with Crippen LogP contribution in [0.2, 0.25) is 5.02 Å². The normalized spacial score (nSPS) is 20.4. The summed E-state index contributed by atoms with van der Waals surface area (Å²) in [5.41, 5.74) is 2.25. The Bertz CT molecular complexity index is 1410. The molecule has 37 heavy (non-hydrogen) atoms. The number of likely N-dealkylation sites (tertiary alicyclic amines) is 1. The van der Waals surface area contributed by atoms with E-state index in [2.05, 4.69) is 16.4 Å². The van der Waals surface area contributed by atoms with E-state index in [0.29, 0.717) is 24.5 Å². The molecule has 8 heteroatoms. The minimum Gasteiger partial charge on any atom is -0.384 e. The fourth-order valence-electron chi connectivity index (χ4n) is 5.36. The maximum absolute atomic E-state index is 13.8. The minimum absolute atomic E-state index is 0.0325. The van der Waals surface area contributed by atoms with E-state index in [0.717, 1.165) is 32.9 Å². The molecule has 1 aliphatic heterocycles. The molecule has 1 aliphatic rings. The number of amides is 1. The standard InChI is InChI=1S/C29H33ClN4O2S/c1-18(2)25(33-27-32-24(16-37-27)22-15-31-23-8-6-5-7-21(22)23)26(35)34-14-13-29(36,28(3,4)17-34)19-9-11-20(30)12-10-19/h5-12,15-16,18,25,31,36H,13-14,17H2,1-4H3,(H,32,33)/t25-,29+/m1/s1. The van der Waals surface area contributed by atoms with Crippen LogP contribution < -0.4 is 5.32 Å². The van der Waals surface area contributed by atoms with Crippen LogP contribution in [0.15, 0.2) is 60.1 Å². The van der Waals surface area contributed by atoms with E-state index in [-0.39, 0.29) is 11.8 Å². The Hall–Kier alpha value is -2.87. The van der Waals surface area contributed by atoms with E-state index >= 15 is 0 Å². The quantitative estimate of drug-likeness (QED) is 0.262. The molecule has 0 unspecified atom stereocenters. The third kappa shape index (κ3) is 4.76. The van der Waals surface area contributed by atoms with Crippen molar-refractivity contribution in [2.45, 2.75) is 45.8 Å². The number of fused-ring (bicyclic) bond motifs is 1. The zero-order valence-corrected chi connectivity index (χ0v) is 23.2. The lowest BCUT2D eigenvalue weighted by molar-refractivity contribution is -0.154. The fourth-order valence-corrected chi connectivity index (χ4v) is 6.24. The number of aromatic nitrogens is 2. The van der Waals surface area contributed by atoms with Crippen LogP contribution in [0, 0.1) is 11.3 Å². The SMILES string of the molecule is CC(C)[C@@H](Nc1nc(-c2c[nH]c3ccccc23)cs1)C(=O)N1CC[C@](O)(c2ccc(Cl)cc2)C(C)(C)C1. The summed E-state index contributed by atoms with van der Waals surface area (Å²) >= 11 is 7.58. The summed E-state index contributed by atoms with van der Waals surface area (Å²) in [7, 11) is 0. The van der Waals surface area contributed by atoms with Crippen LogP contribution in [0.25, 0.3) is 22.2 Å². The number of thiazole rings is 1. The lowest BCUT2D eigenvalue weighted by Crippen LogP contribution is -2.59. The summed E-state index contributed by atoms with van der Waals surface area (Å²) in [5, 5.41) is 19.6. The number of aromatic amines is 1. The Morgan fingerprint density at radius 3 is 2.62 bits per heavy atom. The molecule has 3 N–H and O–H groups in total. The average molecular weight is 537 g/mol. The molecule has 0 aliphatic carbocycles. The minimum atomic E-state index is -1.04. The molecule has 1 fully saturated rings. The van der Waals surface area contributed by atoms with Gasteiger partial charge in [-0.05, 0) is 36.1 Å². The number of nitrogens with one attached hydrogen (secondary N) is 2. The second-order valence-corrected chi connectivity index (χ2v) is 12.2. The van der Waals surface area contributed by atoms with E-state index in [1.54, 1.807) is 12.1 Å². The lowest BCUT2D eigenvalue weighted by Gasteiger charge is -2.51. The van der Waals surface area contributed by atoms with Crippen LogP contribution in [0.1, 0.15) is 39.7 Å². The van der Waals surface area contributed by atoms with Crippen LogP contribution in [0.5, 0.6) is 0 Å². The van der Waals surface area contributed by atoms with Gasteiger partial charge in [-0.2, -0.15) is 0 Å². The molecule has 2 atom stereocenters. The van der Waals surface area contributed by atoms with Gasteiger partial charge in [-0.25, -0.2) is 4.98 Å². The van der Waals surface area contributed by atoms with Crippen molar-refractivity contribution in [2.24, 2.45) is 11.3 Å². The number of rotatable bonds is 6. The van der Waals surface area contributed by atoms with Gasteiger partial charge >= 0.3 is 0 Å². The summed E-state index contributed by atoms with van der Waals surface area (Å²) in [6.45, 7) is 9.06. The molecule has 1 saturated heterocycles. The second kappa shape index (κ2) is 9.78. The number of carbonyl (C=O) groups excluding carboxylic acids is 1. The molecule has 2 aromatic carbocycles. The summed E-state index contributed by atoms with van der Waals surface area (Å²) in [5.74, 6) is 0.0956. The molecule has 0 radical (unpaired) electrons. The van der Waals surface area contributed by atoms with Crippen molar-refractivity contribution in [3.05, 3.63) is 70.7 Å². The molecule has 4 aromatic rings. The number of para-hydroxylation sites is 1. The van der Waals surface area contributed by atoms with Gasteiger partial charge in [0, 0.05) is 51.6 Å². The molecule has 1 amide bonds. The number of anilines is 1. The molecule has 0 spiro atoms. The number of carbonyl (C=O) groups is 1. The topological polar surface area (TPSA) is 81.2 Å². The maximum Gasteiger partial charge on any atom is 0.245 e. The molecular weight excluding hydrogens is 504 g/mol. The van der Waals surface area contributed by atoms with E-state index in [1.165, 1.54) is 11.3 Å². The van der Waals surface area contributed by atoms with Crippen molar-refractivity contribution in [3.63, 3.8) is 0 Å². The van der Waals surface area contributed by atoms with Gasteiger partial charge in [0.05, 0.1) is 11.3 Å². The van der Waals surface area contributed by atoms with Crippen LogP contribution in [-0.2, 0) is 10.4 Å². The Balaban J connectivity index is 1.33. The monoisotopic (exact) mass is 536 g/mol. The number of aliphatic hydroxyl groups is 1. The molecular formula is C29H33ClN4O2S. The van der Waals surface area contributed by atoms with Crippen molar-refractivity contribution in [2.75, 3.05) is 18.4 Å². The predicted octanol–water partition coefficient (Wildman–Crippen LogP) is 6.53. The van der Waals surface area contributed by atoms with E-state index in [1.807, 2.05) is 74.5 Å². The number of H-pyrrole nitrogens is 1. The number of benzene rings is 2. The average Bonchev–Trinajstić information content (AvgIpc) is 3.51. The van der Waals surface area contributed by atoms with Gasteiger partial charge in [0.15, 0.2) is 5.13 Å². The maximum atomic E-state index is 13.8. The van der Waals surface area contributed by atoms with E-state index in [9.17, 15) is 9.90 Å². The first-order valence-electron chi connectivity index (χ1n) is 12.6. The van der Waals surface area contributed by atoms with Crippen LogP contribution >= 0.6 is 22.9 Å². The van der Waals surface area contributed by atoms with Gasteiger partial charge in [-0.1, -0.05) is 69.6 Å². The number of nitrogens with zero attached hydrogens (tertiary/aromatic N) is 2. The van der Waals surface area contributed by atoms with Crippen molar-refractivity contribution in [3.8, 4) is 11.3 Å². The van der Waals surface area contributed by atoms with Crippen LogP contribution in [0.4, 0.5) is 5.13 Å². The Kier molecular flexibility index (Phi) is 6.81. The van der Waals surface area contributed by atoms with Crippen molar-refractivity contribution in [1.82, 2.24) is 14.9 Å². The number of hydrogen-bond donors (Lipinski definition) is 3. The Morgan fingerprint density at radius 1 is 1.19 bits per heavy atom. The zero-order valence-electron chi connectivity index (χ0n) is 21.6. The molecule has 194 valence electrons. The highest BCUT2D eigenvalue weighted by Gasteiger charge is 2.50. The molecule has 0 saturated carbocycles. The first kappa shape index (κ1) is 25.8. The van der Waals surface area contributed by atoms with Crippen LogP contribution in [0.3, 0.4) is 0 Å². The number of halogens is 1. The first-order valence-corrected chi connectivity index (χ1v) is 13.9. The van der Waals surface area contributed by atoms with Gasteiger partial charge in [0.25, 0.3) is 0 Å². The molecule has 3 heterocycles. The molecule has 5 rings (SSSR count). The fraction of sp³-hybridized carbons (Fsp3) is 0.379. The van der Waals surface area contributed by atoms with Crippen LogP contribution in [-0.4, -0.2) is 45.0 Å². The Morgan fingerprint density at radius 2 is 1.92 bits per heavy atom. The summed E-state index contributed by atoms with van der Waals surface area (Å²) in [6, 6.07) is 15.1. The van der Waals surface area contributed by atoms with E-state index in [4.69, 9.17) is 16.6 Å². The third-order valence-electron chi connectivity index (χ3n) is 7.66. The summed E-state index contributed by atoms with van der Waals surface area (Å²) < 4.78 is 0. The van der Waals surface area contributed by atoms with Crippen molar-refractivity contribution in [1.29, 1.82) is 0 Å². The molecule has 2 aromatic heterocycles. The highest BCUT2D eigenvalue weighted by atomic mass is 35.5. The largest absolute Gasteiger partial charge is 0.384 e. The summed E-state index contributed by atoms with van der Waals surface area (Å²) in [4.78, 5) is 23.8. The van der Waals surface area contributed by atoms with Gasteiger partial charge in [-0.3, -0.25) is 4.79 Å². The highest BCUT2D eigenvalue weighted by molar-refractivity contribution is 7.14. The third-order valence-corrected chi connectivity index (χ3v) is 8.69. The molecule has 0 bridgehead atoms. The van der Waals surface area contributed by atoms with Gasteiger partial charge < -0.3 is 20.3 Å². The predicted molar refractivity (Wildman–Crippen MR) is 152 cm³/mol. The molecule has 6 nitrogen and oxygen atoms in total. The second-order valence-electron chi connectivity index (χ2n) is 10.9. The van der Waals surface area contributed by atoms with E-state index < -0.39 is 17.1 Å². The zero-order chi connectivity index (χ0) is 26.4. The van der Waals surface area contributed by atoms with Crippen molar-refractivity contribution >= 4 is 44.9 Å². The lowest BCUT2D eigenvalue weighted by atomic mass is 9.66. The van der Waals surface area contributed by atoms with Crippen molar-refractivity contribution < 1.29 is 9.90 Å².